The Bertz CT molecular complexity index is 316. The average molecular weight is 208 g/mol. The standard InChI is InChI=1S/C12H16O3/c1-4-14-12-7-5-11(6-8-12)9(2)15-10(3)13/h5-9H,4H2,1-3H3/t9-/m0/s1. The molecule has 0 saturated heterocycles. The lowest BCUT2D eigenvalue weighted by atomic mass is 10.1. The van der Waals surface area contributed by atoms with Crippen molar-refractivity contribution in [1.82, 2.24) is 0 Å². The van der Waals surface area contributed by atoms with E-state index < -0.39 is 0 Å². The Balaban J connectivity index is 2.66. The van der Waals surface area contributed by atoms with Crippen molar-refractivity contribution in [2.24, 2.45) is 0 Å². The molecule has 0 heterocycles. The number of esters is 1. The van der Waals surface area contributed by atoms with E-state index in [1.165, 1.54) is 6.92 Å². The first-order chi connectivity index (χ1) is 7.13. The lowest BCUT2D eigenvalue weighted by Crippen LogP contribution is -2.04. The summed E-state index contributed by atoms with van der Waals surface area (Å²) in [6.45, 7) is 5.84. The van der Waals surface area contributed by atoms with Gasteiger partial charge >= 0.3 is 5.97 Å². The first-order valence-electron chi connectivity index (χ1n) is 5.03. The fourth-order valence-electron chi connectivity index (χ4n) is 1.32. The van der Waals surface area contributed by atoms with E-state index in [2.05, 4.69) is 0 Å². The van der Waals surface area contributed by atoms with Crippen molar-refractivity contribution in [2.75, 3.05) is 6.61 Å². The number of rotatable bonds is 4. The quantitative estimate of drug-likeness (QED) is 0.714. The zero-order valence-electron chi connectivity index (χ0n) is 9.32. The number of hydrogen-bond donors (Lipinski definition) is 0. The maximum Gasteiger partial charge on any atom is 0.303 e. The monoisotopic (exact) mass is 208 g/mol. The van der Waals surface area contributed by atoms with Gasteiger partial charge in [-0.25, -0.2) is 0 Å². The Labute approximate surface area is 90.0 Å². The summed E-state index contributed by atoms with van der Waals surface area (Å²) < 4.78 is 10.4. The van der Waals surface area contributed by atoms with E-state index in [1.54, 1.807) is 0 Å². The van der Waals surface area contributed by atoms with Crippen LogP contribution in [0.5, 0.6) is 5.75 Å². The van der Waals surface area contributed by atoms with Gasteiger partial charge in [-0.05, 0) is 31.5 Å². The highest BCUT2D eigenvalue weighted by Gasteiger charge is 2.07. The second kappa shape index (κ2) is 5.39. The van der Waals surface area contributed by atoms with Crippen LogP contribution in [0, 0.1) is 0 Å². The molecule has 0 aliphatic rings. The second-order valence-corrected chi connectivity index (χ2v) is 3.25. The van der Waals surface area contributed by atoms with Crippen LogP contribution in [-0.2, 0) is 9.53 Å². The van der Waals surface area contributed by atoms with E-state index in [1.807, 2.05) is 38.1 Å². The highest BCUT2D eigenvalue weighted by atomic mass is 16.5. The Morgan fingerprint density at radius 3 is 2.40 bits per heavy atom. The first kappa shape index (κ1) is 11.6. The molecule has 0 radical (unpaired) electrons. The Morgan fingerprint density at radius 2 is 1.93 bits per heavy atom. The van der Waals surface area contributed by atoms with Crippen molar-refractivity contribution in [3.63, 3.8) is 0 Å². The molecule has 1 rings (SSSR count). The minimum absolute atomic E-state index is 0.210. The molecule has 3 heteroatoms. The van der Waals surface area contributed by atoms with Crippen molar-refractivity contribution in [3.8, 4) is 5.75 Å². The van der Waals surface area contributed by atoms with E-state index in [0.29, 0.717) is 6.61 Å². The van der Waals surface area contributed by atoms with Crippen LogP contribution < -0.4 is 4.74 Å². The van der Waals surface area contributed by atoms with E-state index >= 15 is 0 Å². The van der Waals surface area contributed by atoms with E-state index in [0.717, 1.165) is 11.3 Å². The topological polar surface area (TPSA) is 35.5 Å². The van der Waals surface area contributed by atoms with Crippen LogP contribution in [0.1, 0.15) is 32.4 Å². The summed E-state index contributed by atoms with van der Waals surface area (Å²) in [5.74, 6) is 0.563. The van der Waals surface area contributed by atoms with E-state index in [-0.39, 0.29) is 12.1 Å². The third kappa shape index (κ3) is 3.62. The van der Waals surface area contributed by atoms with Gasteiger partial charge in [-0.3, -0.25) is 4.79 Å². The molecule has 1 atom stereocenters. The van der Waals surface area contributed by atoms with E-state index in [9.17, 15) is 4.79 Å². The van der Waals surface area contributed by atoms with Crippen molar-refractivity contribution in [2.45, 2.75) is 26.9 Å². The summed E-state index contributed by atoms with van der Waals surface area (Å²) in [5, 5.41) is 0. The fourth-order valence-corrected chi connectivity index (χ4v) is 1.32. The van der Waals surface area contributed by atoms with Gasteiger partial charge in [-0.15, -0.1) is 0 Å². The Hall–Kier alpha value is -1.51. The molecule has 0 fully saturated rings. The first-order valence-corrected chi connectivity index (χ1v) is 5.03. The minimum Gasteiger partial charge on any atom is -0.494 e. The molecule has 0 amide bonds. The van der Waals surface area contributed by atoms with Crippen LogP contribution in [0.2, 0.25) is 0 Å². The molecular formula is C12H16O3. The number of carbonyl (C=O) groups is 1. The van der Waals surface area contributed by atoms with Gasteiger partial charge in [0, 0.05) is 6.92 Å². The summed E-state index contributed by atoms with van der Waals surface area (Å²) in [5.41, 5.74) is 0.966. The molecule has 82 valence electrons. The summed E-state index contributed by atoms with van der Waals surface area (Å²) in [4.78, 5) is 10.8. The highest BCUT2D eigenvalue weighted by molar-refractivity contribution is 5.66. The van der Waals surface area contributed by atoms with E-state index in [4.69, 9.17) is 9.47 Å². The molecule has 15 heavy (non-hydrogen) atoms. The van der Waals surface area contributed by atoms with Crippen LogP contribution in [0.15, 0.2) is 24.3 Å². The maximum atomic E-state index is 10.8. The molecule has 0 bridgehead atoms. The zero-order valence-corrected chi connectivity index (χ0v) is 9.32. The lowest BCUT2D eigenvalue weighted by Gasteiger charge is -2.12. The lowest BCUT2D eigenvalue weighted by molar-refractivity contribution is -0.145. The van der Waals surface area contributed by atoms with Crippen molar-refractivity contribution >= 4 is 5.97 Å². The summed E-state index contributed by atoms with van der Waals surface area (Å²) in [6.07, 6.45) is -0.210. The van der Waals surface area contributed by atoms with Gasteiger partial charge < -0.3 is 9.47 Å². The summed E-state index contributed by atoms with van der Waals surface area (Å²) in [6, 6.07) is 7.55. The van der Waals surface area contributed by atoms with Gasteiger partial charge in [0.1, 0.15) is 11.9 Å². The molecule has 1 aromatic carbocycles. The smallest absolute Gasteiger partial charge is 0.303 e. The SMILES string of the molecule is CCOc1ccc([C@H](C)OC(C)=O)cc1. The molecule has 0 N–H and O–H groups in total. The van der Waals surface area contributed by atoms with Gasteiger partial charge in [0.05, 0.1) is 6.61 Å². The normalized spacial score (nSPS) is 11.9. The molecule has 0 aliphatic carbocycles. The van der Waals surface area contributed by atoms with Gasteiger partial charge in [0.2, 0.25) is 0 Å². The van der Waals surface area contributed by atoms with Gasteiger partial charge in [0.25, 0.3) is 0 Å². The van der Waals surface area contributed by atoms with Crippen molar-refractivity contribution in [3.05, 3.63) is 29.8 Å². The van der Waals surface area contributed by atoms with Crippen LogP contribution in [-0.4, -0.2) is 12.6 Å². The molecule has 0 unspecified atom stereocenters. The molecule has 3 nitrogen and oxygen atoms in total. The predicted octanol–water partition coefficient (Wildman–Crippen LogP) is 2.71. The van der Waals surface area contributed by atoms with Crippen LogP contribution in [0.25, 0.3) is 0 Å². The molecule has 1 aromatic rings. The number of carbonyl (C=O) groups excluding carboxylic acids is 1. The molecular weight excluding hydrogens is 192 g/mol. The van der Waals surface area contributed by atoms with Gasteiger partial charge in [0.15, 0.2) is 0 Å². The number of ether oxygens (including phenoxy) is 2. The fraction of sp³-hybridized carbons (Fsp3) is 0.417. The Morgan fingerprint density at radius 1 is 1.33 bits per heavy atom. The average Bonchev–Trinajstić information content (AvgIpc) is 2.18. The van der Waals surface area contributed by atoms with Crippen LogP contribution in [0.3, 0.4) is 0 Å². The third-order valence-electron chi connectivity index (χ3n) is 2.00. The van der Waals surface area contributed by atoms with Gasteiger partial charge in [-0.2, -0.15) is 0 Å². The second-order valence-electron chi connectivity index (χ2n) is 3.25. The molecule has 0 spiro atoms. The number of hydrogen-bond acceptors (Lipinski definition) is 3. The summed E-state index contributed by atoms with van der Waals surface area (Å²) >= 11 is 0. The van der Waals surface area contributed by atoms with Crippen LogP contribution >= 0.6 is 0 Å². The number of benzene rings is 1. The molecule has 0 saturated carbocycles. The van der Waals surface area contributed by atoms with Gasteiger partial charge in [-0.1, -0.05) is 12.1 Å². The Kier molecular flexibility index (Phi) is 4.16. The summed E-state index contributed by atoms with van der Waals surface area (Å²) in [7, 11) is 0. The highest BCUT2D eigenvalue weighted by Crippen LogP contribution is 2.20. The zero-order chi connectivity index (χ0) is 11.3. The maximum absolute atomic E-state index is 10.8. The molecule has 0 aliphatic heterocycles. The molecule has 0 aromatic heterocycles. The van der Waals surface area contributed by atoms with Crippen LogP contribution in [0.4, 0.5) is 0 Å². The largest absolute Gasteiger partial charge is 0.494 e. The van der Waals surface area contributed by atoms with Crippen molar-refractivity contribution < 1.29 is 14.3 Å². The predicted molar refractivity (Wildman–Crippen MR) is 57.8 cm³/mol. The van der Waals surface area contributed by atoms with Crippen molar-refractivity contribution in [1.29, 1.82) is 0 Å². The minimum atomic E-state index is -0.267. The third-order valence-corrected chi connectivity index (χ3v) is 2.00.